The van der Waals surface area contributed by atoms with E-state index >= 15 is 0 Å². The highest BCUT2D eigenvalue weighted by atomic mass is 16.6. The highest BCUT2D eigenvalue weighted by Crippen LogP contribution is 2.24. The van der Waals surface area contributed by atoms with Crippen LogP contribution in [0.15, 0.2) is 48.4 Å². The lowest BCUT2D eigenvalue weighted by Gasteiger charge is -2.15. The maximum absolute atomic E-state index is 12.2. The lowest BCUT2D eigenvalue weighted by Crippen LogP contribution is -2.22. The van der Waals surface area contributed by atoms with Crippen LogP contribution in [0.25, 0.3) is 16.8 Å². The van der Waals surface area contributed by atoms with E-state index in [0.717, 1.165) is 5.56 Å². The number of aromatic nitrogens is 1. The molecule has 128 valence electrons. The van der Waals surface area contributed by atoms with E-state index in [1.165, 1.54) is 6.07 Å². The van der Waals surface area contributed by atoms with E-state index in [0.29, 0.717) is 5.69 Å². The second-order valence-corrected chi connectivity index (χ2v) is 4.90. The Balaban J connectivity index is 2.65. The van der Waals surface area contributed by atoms with Gasteiger partial charge in [-0.2, -0.15) is 0 Å². The van der Waals surface area contributed by atoms with Crippen LogP contribution in [-0.2, 0) is 9.47 Å². The second kappa shape index (κ2) is 8.50. The summed E-state index contributed by atoms with van der Waals surface area (Å²) in [5, 5.41) is 19.6. The molecule has 0 fully saturated rings. The molecular weight excluding hydrogens is 320 g/mol. The predicted molar refractivity (Wildman–Crippen MR) is 89.0 cm³/mol. The average Bonchev–Trinajstić information content (AvgIpc) is 2.63. The fourth-order valence-corrected chi connectivity index (χ4v) is 2.20. The number of hydrogen-bond donors (Lipinski definition) is 1. The van der Waals surface area contributed by atoms with Crippen LogP contribution in [0.2, 0.25) is 0 Å². The molecule has 2 aromatic rings. The van der Waals surface area contributed by atoms with Gasteiger partial charge in [-0.25, -0.2) is 9.78 Å². The standard InChI is InChI=1S/C19H18N2O4/c1-3-24-18(22)14-10-11-16(13-8-6-5-7-9-13)21-17(14)15(12-20)19(23)25-4-2/h5-11,23H,3-4H2,1-2H3. The Kier molecular flexibility index (Phi) is 6.13. The quantitative estimate of drug-likeness (QED) is 0.477. The summed E-state index contributed by atoms with van der Waals surface area (Å²) < 4.78 is 9.95. The maximum Gasteiger partial charge on any atom is 0.340 e. The number of pyridine rings is 1. The number of benzene rings is 1. The van der Waals surface area contributed by atoms with Crippen LogP contribution in [0.4, 0.5) is 0 Å². The molecule has 1 N–H and O–H groups in total. The van der Waals surface area contributed by atoms with E-state index in [4.69, 9.17) is 14.7 Å². The van der Waals surface area contributed by atoms with Crippen molar-refractivity contribution in [2.45, 2.75) is 13.8 Å². The van der Waals surface area contributed by atoms with Crippen LogP contribution in [0.5, 0.6) is 0 Å². The molecule has 0 amide bonds. The lowest BCUT2D eigenvalue weighted by molar-refractivity contribution is -0.354. The maximum atomic E-state index is 12.2. The summed E-state index contributed by atoms with van der Waals surface area (Å²) >= 11 is 0. The molecule has 6 nitrogen and oxygen atoms in total. The SMILES string of the molecule is CCOC(=O)c1ccc(-c2ccccc2)nc1C(C#[NH+])=C([O-])OCC. The zero-order chi connectivity index (χ0) is 18.2. The number of hydrogen-bond acceptors (Lipinski definition) is 5. The first kappa shape index (κ1) is 18.0. The van der Waals surface area contributed by atoms with Crippen molar-refractivity contribution in [3.63, 3.8) is 0 Å². The minimum Gasteiger partial charge on any atom is -0.612 e. The van der Waals surface area contributed by atoms with Crippen molar-refractivity contribution in [2.75, 3.05) is 13.2 Å². The number of rotatable bonds is 6. The summed E-state index contributed by atoms with van der Waals surface area (Å²) in [6, 6.07) is 14.5. The van der Waals surface area contributed by atoms with E-state index in [1.54, 1.807) is 19.9 Å². The summed E-state index contributed by atoms with van der Waals surface area (Å²) in [5.41, 5.74) is 1.26. The fraction of sp³-hybridized carbons (Fsp3) is 0.211. The molecule has 0 bridgehead atoms. The number of carbonyl (C=O) groups excluding carboxylic acids is 1. The summed E-state index contributed by atoms with van der Waals surface area (Å²) in [6.07, 6.45) is 0. The average molecular weight is 338 g/mol. The van der Waals surface area contributed by atoms with Crippen LogP contribution in [0, 0.1) is 6.07 Å². The van der Waals surface area contributed by atoms with Gasteiger partial charge in [-0.1, -0.05) is 42.5 Å². The number of esters is 1. The van der Waals surface area contributed by atoms with Crippen molar-refractivity contribution in [1.82, 2.24) is 4.98 Å². The largest absolute Gasteiger partial charge is 0.612 e. The van der Waals surface area contributed by atoms with Crippen molar-refractivity contribution >= 4 is 11.5 Å². The van der Waals surface area contributed by atoms with E-state index in [2.05, 4.69) is 4.98 Å². The van der Waals surface area contributed by atoms with Crippen LogP contribution in [0.1, 0.15) is 29.9 Å². The molecule has 0 unspecified atom stereocenters. The van der Waals surface area contributed by atoms with Gasteiger partial charge in [0.15, 0.2) is 0 Å². The first-order valence-corrected chi connectivity index (χ1v) is 7.83. The fourth-order valence-electron chi connectivity index (χ4n) is 2.20. The monoisotopic (exact) mass is 338 g/mol. The number of nitrogens with zero attached hydrogens (tertiary/aromatic N) is 1. The molecule has 0 aliphatic rings. The van der Waals surface area contributed by atoms with E-state index in [1.807, 2.05) is 36.4 Å². The molecule has 0 saturated carbocycles. The predicted octanol–water partition coefficient (Wildman–Crippen LogP) is 0.763. The summed E-state index contributed by atoms with van der Waals surface area (Å²) in [7, 11) is 0. The molecule has 0 spiro atoms. The van der Waals surface area contributed by atoms with Crippen LogP contribution < -0.4 is 10.4 Å². The summed E-state index contributed by atoms with van der Waals surface area (Å²) in [5.74, 6) is -1.39. The Bertz CT molecular complexity index is 823. The van der Waals surface area contributed by atoms with Crippen molar-refractivity contribution in [1.29, 1.82) is 0 Å². The zero-order valence-electron chi connectivity index (χ0n) is 14.0. The van der Waals surface area contributed by atoms with Gasteiger partial charge >= 0.3 is 12.0 Å². The topological polar surface area (TPSA) is 95.3 Å². The molecule has 6 heteroatoms. The molecule has 0 radical (unpaired) electrons. The van der Waals surface area contributed by atoms with Crippen molar-refractivity contribution in [2.24, 2.45) is 0 Å². The number of ether oxygens (including phenoxy) is 2. The second-order valence-electron chi connectivity index (χ2n) is 4.90. The lowest BCUT2D eigenvalue weighted by atomic mass is 10.0. The normalized spacial score (nSPS) is 11.2. The first-order chi connectivity index (χ1) is 12.1. The van der Waals surface area contributed by atoms with E-state index in [-0.39, 0.29) is 30.0 Å². The molecule has 0 aliphatic heterocycles. The Hall–Kier alpha value is -3.33. The van der Waals surface area contributed by atoms with Gasteiger partial charge in [-0.3, -0.25) is 0 Å². The summed E-state index contributed by atoms with van der Waals surface area (Å²) in [6.45, 7) is 3.65. The molecule has 0 saturated heterocycles. The van der Waals surface area contributed by atoms with E-state index < -0.39 is 11.9 Å². The number of nitrogens with one attached hydrogen (secondary N) is 1. The van der Waals surface area contributed by atoms with Crippen molar-refractivity contribution in [3.05, 3.63) is 59.7 Å². The Morgan fingerprint density at radius 2 is 1.80 bits per heavy atom. The molecule has 0 aliphatic carbocycles. The minimum absolute atomic E-state index is 0.0215. The van der Waals surface area contributed by atoms with Crippen molar-refractivity contribution in [3.8, 4) is 17.3 Å². The Labute approximate surface area is 146 Å². The number of carbonyl (C=O) groups is 1. The van der Waals surface area contributed by atoms with Crippen LogP contribution in [-0.4, -0.2) is 24.2 Å². The van der Waals surface area contributed by atoms with Crippen molar-refractivity contribution < 1.29 is 24.6 Å². The highest BCUT2D eigenvalue weighted by Gasteiger charge is 2.21. The van der Waals surface area contributed by atoms with Gasteiger partial charge in [0.25, 0.3) is 0 Å². The van der Waals surface area contributed by atoms with Crippen LogP contribution >= 0.6 is 0 Å². The van der Waals surface area contributed by atoms with Crippen LogP contribution in [0.3, 0.4) is 0 Å². The minimum atomic E-state index is -0.763. The molecule has 0 atom stereocenters. The highest BCUT2D eigenvalue weighted by molar-refractivity contribution is 5.97. The Morgan fingerprint density at radius 1 is 1.12 bits per heavy atom. The summed E-state index contributed by atoms with van der Waals surface area (Å²) in [4.78, 5) is 16.6. The van der Waals surface area contributed by atoms with Gasteiger partial charge in [-0.05, 0) is 25.7 Å². The third-order valence-electron chi connectivity index (χ3n) is 3.30. The van der Waals surface area contributed by atoms with Gasteiger partial charge in [-0.15, -0.1) is 0 Å². The third kappa shape index (κ3) is 4.15. The molecular formula is C19H18N2O4. The molecule has 1 aromatic heterocycles. The van der Waals surface area contributed by atoms with Gasteiger partial charge in [0.05, 0.1) is 23.8 Å². The molecule has 2 rings (SSSR count). The number of allylic oxidation sites excluding steroid dienone is 1. The third-order valence-corrected chi connectivity index (χ3v) is 3.30. The van der Waals surface area contributed by atoms with Gasteiger partial charge in [0.1, 0.15) is 11.3 Å². The van der Waals surface area contributed by atoms with Gasteiger partial charge < -0.3 is 14.6 Å². The molecule has 1 aromatic carbocycles. The molecule has 25 heavy (non-hydrogen) atoms. The Morgan fingerprint density at radius 3 is 2.40 bits per heavy atom. The first-order valence-electron chi connectivity index (χ1n) is 7.83. The smallest absolute Gasteiger partial charge is 0.340 e. The molecule has 1 heterocycles. The van der Waals surface area contributed by atoms with E-state index in [9.17, 15) is 9.90 Å². The van der Waals surface area contributed by atoms with Gasteiger partial charge in [0, 0.05) is 5.56 Å². The van der Waals surface area contributed by atoms with Gasteiger partial charge in [0.2, 0.25) is 0 Å². The zero-order valence-corrected chi connectivity index (χ0v) is 14.0.